The minimum absolute atomic E-state index is 0.0646. The second-order valence-corrected chi connectivity index (χ2v) is 6.02. The Morgan fingerprint density at radius 3 is 3.10 bits per heavy atom. The number of rotatable bonds is 6. The van der Waals surface area contributed by atoms with Gasteiger partial charge in [0.25, 0.3) is 0 Å². The molecular formula is C12H21N5O2S. The lowest BCUT2D eigenvalue weighted by atomic mass is 10.0. The highest BCUT2D eigenvalue weighted by Gasteiger charge is 2.19. The summed E-state index contributed by atoms with van der Waals surface area (Å²) in [7, 11) is 3.55. The van der Waals surface area contributed by atoms with Crippen molar-refractivity contribution < 1.29 is 9.53 Å². The van der Waals surface area contributed by atoms with Crippen LogP contribution in [-0.4, -0.2) is 63.6 Å². The van der Waals surface area contributed by atoms with Gasteiger partial charge in [-0.25, -0.2) is 4.68 Å². The first-order valence-electron chi connectivity index (χ1n) is 6.86. The van der Waals surface area contributed by atoms with Gasteiger partial charge in [0, 0.05) is 11.8 Å². The molecule has 1 atom stereocenters. The zero-order valence-corrected chi connectivity index (χ0v) is 12.8. The molecule has 0 aliphatic carbocycles. The summed E-state index contributed by atoms with van der Waals surface area (Å²) in [6, 6.07) is 0.654. The summed E-state index contributed by atoms with van der Waals surface area (Å²) in [5, 5.41) is 12.0. The summed E-state index contributed by atoms with van der Waals surface area (Å²) in [6.07, 6.45) is 5.01. The third-order valence-electron chi connectivity index (χ3n) is 3.61. The van der Waals surface area contributed by atoms with E-state index >= 15 is 0 Å². The van der Waals surface area contributed by atoms with Crippen molar-refractivity contribution in [2.24, 2.45) is 0 Å². The highest BCUT2D eigenvalue weighted by atomic mass is 32.2. The van der Waals surface area contributed by atoms with E-state index in [0.717, 1.165) is 12.2 Å². The maximum atomic E-state index is 11.2. The highest BCUT2D eigenvalue weighted by Crippen LogP contribution is 2.22. The summed E-state index contributed by atoms with van der Waals surface area (Å²) < 4.78 is 6.11. The molecule has 7 nitrogen and oxygen atoms in total. The summed E-state index contributed by atoms with van der Waals surface area (Å²) >= 11 is 1.59. The van der Waals surface area contributed by atoms with Crippen molar-refractivity contribution in [2.75, 3.05) is 26.5 Å². The quantitative estimate of drug-likeness (QED) is 0.568. The standard InChI is InChI=1S/C12H21N5O2S/c1-16-7-4-3-5-10(16)6-8-20-12-13-14-15-17(12)9-11(18)19-2/h10H,3-9H2,1-2H3. The van der Waals surface area contributed by atoms with Crippen LogP contribution in [0.2, 0.25) is 0 Å². The summed E-state index contributed by atoms with van der Waals surface area (Å²) in [6.45, 7) is 1.25. The first kappa shape index (κ1) is 15.2. The van der Waals surface area contributed by atoms with E-state index in [1.165, 1.54) is 37.6 Å². The van der Waals surface area contributed by atoms with E-state index in [9.17, 15) is 4.79 Å². The first-order valence-corrected chi connectivity index (χ1v) is 7.85. The van der Waals surface area contributed by atoms with Crippen molar-refractivity contribution in [2.45, 2.75) is 43.4 Å². The summed E-state index contributed by atoms with van der Waals surface area (Å²) in [5.41, 5.74) is 0. The Labute approximate surface area is 123 Å². The van der Waals surface area contributed by atoms with Crippen LogP contribution < -0.4 is 0 Å². The molecule has 0 radical (unpaired) electrons. The Balaban J connectivity index is 1.79. The smallest absolute Gasteiger partial charge is 0.327 e. The number of ether oxygens (including phenoxy) is 1. The molecule has 1 aliphatic rings. The van der Waals surface area contributed by atoms with Gasteiger partial charge >= 0.3 is 5.97 Å². The van der Waals surface area contributed by atoms with Gasteiger partial charge < -0.3 is 9.64 Å². The number of carbonyl (C=O) groups excluding carboxylic acids is 1. The second-order valence-electron chi connectivity index (χ2n) is 4.96. The topological polar surface area (TPSA) is 73.1 Å². The lowest BCUT2D eigenvalue weighted by Crippen LogP contribution is -2.36. The van der Waals surface area contributed by atoms with Gasteiger partial charge in [-0.05, 0) is 43.3 Å². The second kappa shape index (κ2) is 7.58. The predicted molar refractivity (Wildman–Crippen MR) is 75.4 cm³/mol. The van der Waals surface area contributed by atoms with Crippen LogP contribution in [0.15, 0.2) is 5.16 Å². The predicted octanol–water partition coefficient (Wildman–Crippen LogP) is 0.813. The maximum absolute atomic E-state index is 11.2. The largest absolute Gasteiger partial charge is 0.468 e. The van der Waals surface area contributed by atoms with E-state index in [1.807, 2.05) is 0 Å². The molecule has 112 valence electrons. The Kier molecular flexibility index (Phi) is 5.78. The van der Waals surface area contributed by atoms with Crippen LogP contribution in [-0.2, 0) is 16.1 Å². The summed E-state index contributed by atoms with van der Waals surface area (Å²) in [4.78, 5) is 13.7. The highest BCUT2D eigenvalue weighted by molar-refractivity contribution is 7.99. The zero-order chi connectivity index (χ0) is 14.4. The summed E-state index contributed by atoms with van der Waals surface area (Å²) in [5.74, 6) is 0.613. The van der Waals surface area contributed by atoms with Crippen molar-refractivity contribution in [1.29, 1.82) is 0 Å². The number of aromatic nitrogens is 4. The molecular weight excluding hydrogens is 278 g/mol. The van der Waals surface area contributed by atoms with Gasteiger partial charge in [0.15, 0.2) is 0 Å². The fourth-order valence-corrected chi connectivity index (χ4v) is 3.30. The molecule has 0 N–H and O–H groups in total. The van der Waals surface area contributed by atoms with Crippen molar-refractivity contribution in [3.8, 4) is 0 Å². The van der Waals surface area contributed by atoms with Gasteiger partial charge in [-0.3, -0.25) is 4.79 Å². The molecule has 0 saturated carbocycles. The number of piperidine rings is 1. The number of carbonyl (C=O) groups is 1. The molecule has 1 unspecified atom stereocenters. The molecule has 2 heterocycles. The van der Waals surface area contributed by atoms with Crippen LogP contribution >= 0.6 is 11.8 Å². The van der Waals surface area contributed by atoms with Crippen LogP contribution in [0.5, 0.6) is 0 Å². The van der Waals surface area contributed by atoms with Crippen LogP contribution in [0.4, 0.5) is 0 Å². The van der Waals surface area contributed by atoms with Crippen LogP contribution in [0, 0.1) is 0 Å². The Morgan fingerprint density at radius 1 is 1.50 bits per heavy atom. The normalized spacial score (nSPS) is 20.0. The SMILES string of the molecule is COC(=O)Cn1nnnc1SCCC1CCCCN1C. The average Bonchev–Trinajstić information content (AvgIpc) is 2.88. The van der Waals surface area contributed by atoms with Gasteiger partial charge in [0.05, 0.1) is 7.11 Å². The maximum Gasteiger partial charge on any atom is 0.327 e. The third kappa shape index (κ3) is 4.17. The molecule has 8 heteroatoms. The van der Waals surface area contributed by atoms with Gasteiger partial charge in [0.2, 0.25) is 5.16 Å². The van der Waals surface area contributed by atoms with E-state index in [0.29, 0.717) is 11.2 Å². The molecule has 1 aliphatic heterocycles. The van der Waals surface area contributed by atoms with Gasteiger partial charge in [-0.1, -0.05) is 18.2 Å². The van der Waals surface area contributed by atoms with Crippen LogP contribution in [0.25, 0.3) is 0 Å². The monoisotopic (exact) mass is 299 g/mol. The van der Waals surface area contributed by atoms with E-state index in [2.05, 4.69) is 32.2 Å². The molecule has 1 aromatic heterocycles. The Hall–Kier alpha value is -1.15. The Morgan fingerprint density at radius 2 is 2.35 bits per heavy atom. The minimum atomic E-state index is -0.342. The van der Waals surface area contributed by atoms with Crippen molar-refractivity contribution in [1.82, 2.24) is 25.1 Å². The number of hydrogen-bond donors (Lipinski definition) is 0. The number of tetrazole rings is 1. The minimum Gasteiger partial charge on any atom is -0.468 e. The number of esters is 1. The fourth-order valence-electron chi connectivity index (χ4n) is 2.38. The van der Waals surface area contributed by atoms with Crippen molar-refractivity contribution in [3.05, 3.63) is 0 Å². The number of nitrogens with zero attached hydrogens (tertiary/aromatic N) is 5. The lowest BCUT2D eigenvalue weighted by molar-refractivity contribution is -0.141. The van der Waals surface area contributed by atoms with Gasteiger partial charge in [-0.15, -0.1) is 5.10 Å². The molecule has 2 rings (SSSR count). The van der Waals surface area contributed by atoms with Crippen molar-refractivity contribution >= 4 is 17.7 Å². The van der Waals surface area contributed by atoms with Crippen LogP contribution in [0.3, 0.4) is 0 Å². The Bertz CT molecular complexity index is 439. The van der Waals surface area contributed by atoms with E-state index in [4.69, 9.17) is 0 Å². The fraction of sp³-hybridized carbons (Fsp3) is 0.833. The zero-order valence-electron chi connectivity index (χ0n) is 12.0. The molecule has 1 aromatic rings. The average molecular weight is 299 g/mol. The van der Waals surface area contributed by atoms with Crippen LogP contribution in [0.1, 0.15) is 25.7 Å². The van der Waals surface area contributed by atoms with E-state index in [-0.39, 0.29) is 12.5 Å². The molecule has 0 spiro atoms. The van der Waals surface area contributed by atoms with Gasteiger partial charge in [-0.2, -0.15) is 0 Å². The molecule has 20 heavy (non-hydrogen) atoms. The van der Waals surface area contributed by atoms with E-state index in [1.54, 1.807) is 11.8 Å². The first-order chi connectivity index (χ1) is 9.70. The van der Waals surface area contributed by atoms with E-state index < -0.39 is 0 Å². The number of hydrogen-bond acceptors (Lipinski definition) is 7. The molecule has 0 amide bonds. The number of thioether (sulfide) groups is 1. The third-order valence-corrected chi connectivity index (χ3v) is 4.60. The molecule has 0 aromatic carbocycles. The number of methoxy groups -OCH3 is 1. The lowest BCUT2D eigenvalue weighted by Gasteiger charge is -2.32. The molecule has 1 saturated heterocycles. The molecule has 0 bridgehead atoms. The molecule has 1 fully saturated rings. The van der Waals surface area contributed by atoms with Gasteiger partial charge in [0.1, 0.15) is 6.54 Å². The van der Waals surface area contributed by atoms with Crippen molar-refractivity contribution in [3.63, 3.8) is 0 Å². The number of likely N-dealkylation sites (tertiary alicyclic amines) is 1.